The number of nitrogens with zero attached hydrogens (tertiary/aromatic N) is 2. The maximum Gasteiger partial charge on any atom is 0.137 e. The van der Waals surface area contributed by atoms with Crippen molar-refractivity contribution >= 4 is 65.6 Å². The van der Waals surface area contributed by atoms with Gasteiger partial charge in [-0.15, -0.1) is 0 Å². The zero-order valence-corrected chi connectivity index (χ0v) is 27.6. The Balaban J connectivity index is 1.15. The lowest BCUT2D eigenvalue weighted by Crippen LogP contribution is -2.14. The summed E-state index contributed by atoms with van der Waals surface area (Å²) in [6, 6.07) is 51.4. The van der Waals surface area contributed by atoms with Gasteiger partial charge in [0.1, 0.15) is 11.2 Å². The molecule has 0 amide bonds. The Kier molecular flexibility index (Phi) is 5.11. The minimum absolute atomic E-state index is 0.0658. The third-order valence-electron chi connectivity index (χ3n) is 11.3. The van der Waals surface area contributed by atoms with Crippen molar-refractivity contribution in [3.63, 3.8) is 0 Å². The fourth-order valence-corrected chi connectivity index (χ4v) is 8.86. The summed E-state index contributed by atoms with van der Waals surface area (Å²) in [7, 11) is 2.13. The van der Waals surface area contributed by atoms with E-state index in [2.05, 4.69) is 170 Å². The van der Waals surface area contributed by atoms with Crippen molar-refractivity contribution in [1.82, 2.24) is 9.13 Å². The summed E-state index contributed by atoms with van der Waals surface area (Å²) < 4.78 is 11.2. The van der Waals surface area contributed by atoms with Gasteiger partial charge in [0.05, 0.1) is 16.6 Å². The number of aromatic nitrogens is 2. The summed E-state index contributed by atoms with van der Waals surface area (Å²) in [5, 5.41) is 7.36. The van der Waals surface area contributed by atoms with Crippen LogP contribution in [0.2, 0.25) is 0 Å². The molecule has 7 aromatic carbocycles. The molecule has 3 nitrogen and oxygen atoms in total. The van der Waals surface area contributed by atoms with Crippen LogP contribution in [-0.4, -0.2) is 9.13 Å². The highest BCUT2D eigenvalue weighted by molar-refractivity contribution is 6.17. The number of para-hydroxylation sites is 2. The summed E-state index contributed by atoms with van der Waals surface area (Å²) in [6.45, 7) is 4.72. The number of aryl methyl sites for hydroxylation is 1. The topological polar surface area (TPSA) is 23.0 Å². The molecule has 0 aliphatic heterocycles. The summed E-state index contributed by atoms with van der Waals surface area (Å²) in [5.41, 5.74) is 15.7. The van der Waals surface area contributed by atoms with Crippen molar-refractivity contribution in [3.8, 4) is 27.9 Å². The van der Waals surface area contributed by atoms with Gasteiger partial charge in [0, 0.05) is 62.1 Å². The van der Waals surface area contributed by atoms with Gasteiger partial charge in [-0.2, -0.15) is 0 Å². The van der Waals surface area contributed by atoms with Crippen LogP contribution in [0.1, 0.15) is 25.0 Å². The zero-order valence-electron chi connectivity index (χ0n) is 27.6. The highest BCUT2D eigenvalue weighted by atomic mass is 16.3. The second-order valence-corrected chi connectivity index (χ2v) is 14.2. The van der Waals surface area contributed by atoms with E-state index < -0.39 is 0 Å². The van der Waals surface area contributed by atoms with E-state index >= 15 is 0 Å². The molecule has 3 heterocycles. The molecule has 3 aromatic heterocycles. The molecule has 0 fully saturated rings. The molecule has 49 heavy (non-hydrogen) atoms. The van der Waals surface area contributed by atoms with Gasteiger partial charge in [-0.25, -0.2) is 0 Å². The van der Waals surface area contributed by atoms with Crippen molar-refractivity contribution in [2.45, 2.75) is 19.3 Å². The van der Waals surface area contributed by atoms with Gasteiger partial charge in [0.2, 0.25) is 0 Å². The van der Waals surface area contributed by atoms with Crippen LogP contribution in [0.5, 0.6) is 0 Å². The number of hydrogen-bond acceptors (Lipinski definition) is 1. The lowest BCUT2D eigenvalue weighted by molar-refractivity contribution is 0.661. The van der Waals surface area contributed by atoms with E-state index in [9.17, 15) is 0 Å². The average molecular weight is 629 g/mol. The molecule has 11 rings (SSSR count). The Morgan fingerprint density at radius 1 is 0.449 bits per heavy atom. The summed E-state index contributed by atoms with van der Waals surface area (Å²) in [5.74, 6) is 0. The molecule has 3 heteroatoms. The first-order valence-corrected chi connectivity index (χ1v) is 17.1. The quantitative estimate of drug-likeness (QED) is 0.187. The van der Waals surface area contributed by atoms with Crippen LogP contribution in [-0.2, 0) is 12.5 Å². The molecule has 0 radical (unpaired) electrons. The largest absolute Gasteiger partial charge is 0.456 e. The number of rotatable bonds is 2. The number of furan rings is 1. The minimum atomic E-state index is -0.0658. The third kappa shape index (κ3) is 3.52. The van der Waals surface area contributed by atoms with Crippen LogP contribution in [0.4, 0.5) is 0 Å². The summed E-state index contributed by atoms with van der Waals surface area (Å²) in [4.78, 5) is 0. The van der Waals surface area contributed by atoms with Gasteiger partial charge in [-0.3, -0.25) is 0 Å². The van der Waals surface area contributed by atoms with Crippen LogP contribution >= 0.6 is 0 Å². The van der Waals surface area contributed by atoms with E-state index in [1.54, 1.807) is 0 Å². The van der Waals surface area contributed by atoms with Gasteiger partial charge in [0.25, 0.3) is 0 Å². The maximum atomic E-state index is 6.45. The monoisotopic (exact) mass is 628 g/mol. The highest BCUT2D eigenvalue weighted by Gasteiger charge is 2.36. The molecule has 0 spiro atoms. The van der Waals surface area contributed by atoms with Gasteiger partial charge in [0.15, 0.2) is 0 Å². The number of hydrogen-bond donors (Lipinski definition) is 0. The van der Waals surface area contributed by atoms with Gasteiger partial charge in [-0.05, 0) is 94.0 Å². The van der Waals surface area contributed by atoms with Crippen LogP contribution in [0.3, 0.4) is 0 Å². The van der Waals surface area contributed by atoms with E-state index in [1.165, 1.54) is 82.7 Å². The highest BCUT2D eigenvalue weighted by Crippen LogP contribution is 2.51. The Hall–Kier alpha value is -6.06. The fourth-order valence-electron chi connectivity index (χ4n) is 8.86. The van der Waals surface area contributed by atoms with Crippen molar-refractivity contribution in [2.75, 3.05) is 0 Å². The fraction of sp³-hybridized carbons (Fsp3) is 0.0870. The van der Waals surface area contributed by atoms with Crippen LogP contribution in [0.25, 0.3) is 93.5 Å². The van der Waals surface area contributed by atoms with E-state index in [0.29, 0.717) is 0 Å². The van der Waals surface area contributed by atoms with Gasteiger partial charge in [-0.1, -0.05) is 86.6 Å². The molecule has 0 saturated carbocycles. The predicted molar refractivity (Wildman–Crippen MR) is 205 cm³/mol. The van der Waals surface area contributed by atoms with Crippen LogP contribution < -0.4 is 0 Å². The van der Waals surface area contributed by atoms with E-state index in [0.717, 1.165) is 21.9 Å². The lowest BCUT2D eigenvalue weighted by Gasteiger charge is -2.21. The molecule has 1 aliphatic carbocycles. The van der Waals surface area contributed by atoms with Crippen molar-refractivity contribution in [2.24, 2.45) is 7.05 Å². The Labute approximate surface area is 283 Å². The van der Waals surface area contributed by atoms with Crippen LogP contribution in [0.15, 0.2) is 144 Å². The smallest absolute Gasteiger partial charge is 0.137 e. The summed E-state index contributed by atoms with van der Waals surface area (Å²) >= 11 is 0. The van der Waals surface area contributed by atoms with E-state index in [1.807, 2.05) is 0 Å². The number of benzene rings is 7. The molecular weight excluding hydrogens is 597 g/mol. The first-order chi connectivity index (χ1) is 24.0. The van der Waals surface area contributed by atoms with Gasteiger partial charge >= 0.3 is 0 Å². The van der Waals surface area contributed by atoms with Crippen molar-refractivity contribution in [1.29, 1.82) is 0 Å². The SMILES string of the molecule is Cn1c2ccccc2c2cc3c(cc21)oc1ccc(-c2ccc4c(c2)c2cc5c(cc2n4-c2ccccc2)C(C)(C)c2ccccc2-5)cc13. The van der Waals surface area contributed by atoms with Crippen molar-refractivity contribution < 1.29 is 4.42 Å². The normalized spacial score (nSPS) is 13.8. The molecule has 0 atom stereocenters. The maximum absolute atomic E-state index is 6.45. The van der Waals surface area contributed by atoms with Crippen LogP contribution in [0, 0.1) is 0 Å². The first-order valence-electron chi connectivity index (χ1n) is 17.1. The van der Waals surface area contributed by atoms with Gasteiger partial charge < -0.3 is 13.6 Å². The number of fused-ring (bicyclic) bond motifs is 12. The molecule has 10 aromatic rings. The average Bonchev–Trinajstić information content (AvgIpc) is 3.82. The second-order valence-electron chi connectivity index (χ2n) is 14.2. The third-order valence-corrected chi connectivity index (χ3v) is 11.3. The minimum Gasteiger partial charge on any atom is -0.456 e. The lowest BCUT2D eigenvalue weighted by atomic mass is 9.82. The second kappa shape index (κ2) is 9.30. The Bertz CT molecular complexity index is 3020. The molecule has 0 saturated heterocycles. The Morgan fingerprint density at radius 2 is 1.14 bits per heavy atom. The zero-order chi connectivity index (χ0) is 32.6. The molecule has 0 N–H and O–H groups in total. The van der Waals surface area contributed by atoms with Crippen molar-refractivity contribution in [3.05, 3.63) is 151 Å². The predicted octanol–water partition coefficient (Wildman–Crippen LogP) is 12.3. The standard InChI is InChI=1S/C46H32N2O/c1-46(2)38-15-9-7-13-30(38)32-23-35-33-21-27(17-19-41(33)48(43(35)25-39(32)46)29-11-5-4-6-12-29)28-18-20-44-36(22-28)37-24-34-31-14-8-10-16-40(31)47(3)42(34)26-45(37)49-44/h4-26H,1-3H3. The van der Waals surface area contributed by atoms with E-state index in [-0.39, 0.29) is 5.41 Å². The molecule has 0 unspecified atom stereocenters. The first kappa shape index (κ1) is 26.9. The van der Waals surface area contributed by atoms with E-state index in [4.69, 9.17) is 4.42 Å². The molecule has 0 bridgehead atoms. The molecular formula is C46H32N2O. The Morgan fingerprint density at radius 3 is 2.02 bits per heavy atom. The summed E-state index contributed by atoms with van der Waals surface area (Å²) in [6.07, 6.45) is 0. The molecule has 232 valence electrons. The molecule has 1 aliphatic rings.